The molecule has 0 unspecified atom stereocenters. The quantitative estimate of drug-likeness (QED) is 0.877. The number of halogens is 1. The molecule has 1 aromatic rings. The number of amides is 1. The van der Waals surface area contributed by atoms with Gasteiger partial charge in [0.05, 0.1) is 5.69 Å². The molecule has 1 rings (SSSR count). The van der Waals surface area contributed by atoms with Gasteiger partial charge in [-0.15, -0.1) is 0 Å². The summed E-state index contributed by atoms with van der Waals surface area (Å²) in [4.78, 5) is 11.4. The molecular weight excluding hydrogens is 336 g/mol. The van der Waals surface area contributed by atoms with Crippen LogP contribution >= 0.6 is 15.9 Å². The summed E-state index contributed by atoms with van der Waals surface area (Å²) in [7, 11) is -4.01. The smallest absolute Gasteiger partial charge is 0.422 e. The average Bonchev–Trinajstić information content (AvgIpc) is 2.17. The largest absolute Gasteiger partial charge is 0.443 e. The Morgan fingerprint density at radius 3 is 2.21 bits per heavy atom. The van der Waals surface area contributed by atoms with Crippen LogP contribution in [0, 0.1) is 0 Å². The van der Waals surface area contributed by atoms with Gasteiger partial charge in [0.1, 0.15) is 5.60 Å². The molecule has 6 nitrogen and oxygen atoms in total. The molecule has 106 valence electrons. The maximum absolute atomic E-state index is 11.6. The van der Waals surface area contributed by atoms with Crippen molar-refractivity contribution in [2.45, 2.75) is 26.4 Å². The van der Waals surface area contributed by atoms with Crippen LogP contribution in [0.5, 0.6) is 0 Å². The van der Waals surface area contributed by atoms with E-state index in [2.05, 4.69) is 20.7 Å². The first-order chi connectivity index (χ1) is 8.57. The lowest BCUT2D eigenvalue weighted by molar-refractivity contribution is 0.0570. The number of hydrogen-bond acceptors (Lipinski definition) is 4. The summed E-state index contributed by atoms with van der Waals surface area (Å²) in [6.45, 7) is 4.92. The Hall–Kier alpha value is -1.28. The number of ether oxygens (including phenoxy) is 1. The third-order valence-corrected chi connectivity index (χ3v) is 3.18. The molecule has 0 spiro atoms. The van der Waals surface area contributed by atoms with Crippen LogP contribution in [0.1, 0.15) is 20.8 Å². The van der Waals surface area contributed by atoms with Crippen molar-refractivity contribution in [1.82, 2.24) is 4.72 Å². The van der Waals surface area contributed by atoms with Gasteiger partial charge in [-0.3, -0.25) is 4.72 Å². The Morgan fingerprint density at radius 1 is 1.21 bits per heavy atom. The third kappa shape index (κ3) is 6.44. The van der Waals surface area contributed by atoms with Crippen LogP contribution in [-0.4, -0.2) is 20.1 Å². The van der Waals surface area contributed by atoms with Crippen molar-refractivity contribution >= 4 is 37.9 Å². The van der Waals surface area contributed by atoms with Gasteiger partial charge in [0, 0.05) is 4.47 Å². The number of hydrogen-bond donors (Lipinski definition) is 2. The van der Waals surface area contributed by atoms with E-state index in [0.29, 0.717) is 5.69 Å². The highest BCUT2D eigenvalue weighted by Crippen LogP contribution is 2.15. The SMILES string of the molecule is CC(C)(C)OC(=O)NS(=O)(=O)Nc1ccc(Br)cc1. The number of rotatable bonds is 3. The molecule has 0 aliphatic heterocycles. The minimum absolute atomic E-state index is 0.333. The van der Waals surface area contributed by atoms with Gasteiger partial charge in [0.2, 0.25) is 0 Å². The highest BCUT2D eigenvalue weighted by molar-refractivity contribution is 9.10. The molecule has 0 radical (unpaired) electrons. The maximum Gasteiger partial charge on any atom is 0.422 e. The van der Waals surface area contributed by atoms with Gasteiger partial charge in [-0.1, -0.05) is 15.9 Å². The van der Waals surface area contributed by atoms with Crippen LogP contribution in [0.3, 0.4) is 0 Å². The number of carbonyl (C=O) groups is 1. The van der Waals surface area contributed by atoms with Crippen molar-refractivity contribution in [3.8, 4) is 0 Å². The summed E-state index contributed by atoms with van der Waals surface area (Å²) in [5.74, 6) is 0. The van der Waals surface area contributed by atoms with Crippen molar-refractivity contribution in [3.05, 3.63) is 28.7 Å². The topological polar surface area (TPSA) is 84.5 Å². The lowest BCUT2D eigenvalue weighted by Gasteiger charge is -2.19. The Bertz CT molecular complexity index is 549. The van der Waals surface area contributed by atoms with Crippen LogP contribution in [-0.2, 0) is 14.9 Å². The Labute approximate surface area is 120 Å². The van der Waals surface area contributed by atoms with Crippen LogP contribution < -0.4 is 9.44 Å². The number of anilines is 1. The summed E-state index contributed by atoms with van der Waals surface area (Å²) >= 11 is 3.23. The van der Waals surface area contributed by atoms with Crippen molar-refractivity contribution < 1.29 is 17.9 Å². The van der Waals surface area contributed by atoms with E-state index in [-0.39, 0.29) is 0 Å². The fraction of sp³-hybridized carbons (Fsp3) is 0.364. The fourth-order valence-corrected chi connectivity index (χ4v) is 2.13. The molecule has 0 fully saturated rings. The second-order valence-electron chi connectivity index (χ2n) is 4.72. The van der Waals surface area contributed by atoms with E-state index >= 15 is 0 Å². The summed E-state index contributed by atoms with van der Waals surface area (Å²) < 4.78 is 32.9. The Morgan fingerprint density at radius 2 is 1.74 bits per heavy atom. The predicted molar refractivity (Wildman–Crippen MR) is 76.1 cm³/mol. The van der Waals surface area contributed by atoms with Crippen molar-refractivity contribution in [2.75, 3.05) is 4.72 Å². The Kier molecular flexibility index (Phi) is 4.81. The number of nitrogens with one attached hydrogen (secondary N) is 2. The van der Waals surface area contributed by atoms with E-state index in [1.807, 2.05) is 0 Å². The predicted octanol–water partition coefficient (Wildman–Crippen LogP) is 2.63. The lowest BCUT2D eigenvalue weighted by Crippen LogP contribution is -2.39. The van der Waals surface area contributed by atoms with Gasteiger partial charge >= 0.3 is 16.3 Å². The summed E-state index contributed by atoms with van der Waals surface area (Å²) in [5, 5.41) is 0. The monoisotopic (exact) mass is 350 g/mol. The van der Waals surface area contributed by atoms with Crippen LogP contribution in [0.2, 0.25) is 0 Å². The zero-order valence-corrected chi connectivity index (χ0v) is 13.1. The molecule has 0 saturated carbocycles. The average molecular weight is 351 g/mol. The molecule has 0 bridgehead atoms. The molecule has 8 heteroatoms. The second-order valence-corrected chi connectivity index (χ2v) is 7.05. The van der Waals surface area contributed by atoms with E-state index in [9.17, 15) is 13.2 Å². The fourth-order valence-electron chi connectivity index (χ4n) is 1.11. The van der Waals surface area contributed by atoms with Gasteiger partial charge in [-0.2, -0.15) is 8.42 Å². The summed E-state index contributed by atoms with van der Waals surface area (Å²) in [6.07, 6.45) is -1.03. The van der Waals surface area contributed by atoms with Gasteiger partial charge in [0.25, 0.3) is 0 Å². The van der Waals surface area contributed by atoms with E-state index in [1.165, 1.54) is 0 Å². The first-order valence-electron chi connectivity index (χ1n) is 5.36. The first-order valence-corrected chi connectivity index (χ1v) is 7.64. The van der Waals surface area contributed by atoms with Gasteiger partial charge in [-0.05, 0) is 45.0 Å². The maximum atomic E-state index is 11.6. The van der Waals surface area contributed by atoms with Crippen molar-refractivity contribution in [1.29, 1.82) is 0 Å². The highest BCUT2D eigenvalue weighted by Gasteiger charge is 2.21. The first kappa shape index (κ1) is 15.8. The van der Waals surface area contributed by atoms with Crippen molar-refractivity contribution in [2.24, 2.45) is 0 Å². The van der Waals surface area contributed by atoms with Crippen molar-refractivity contribution in [3.63, 3.8) is 0 Å². The molecule has 0 atom stereocenters. The van der Waals surface area contributed by atoms with Crippen LogP contribution in [0.4, 0.5) is 10.5 Å². The van der Waals surface area contributed by atoms with Gasteiger partial charge in [0.15, 0.2) is 0 Å². The molecule has 0 saturated heterocycles. The molecule has 0 aromatic heterocycles. The molecule has 2 N–H and O–H groups in total. The second kappa shape index (κ2) is 5.79. The minimum Gasteiger partial charge on any atom is -0.443 e. The summed E-state index contributed by atoms with van der Waals surface area (Å²) in [5.41, 5.74) is -0.434. The van der Waals surface area contributed by atoms with E-state index in [0.717, 1.165) is 4.47 Å². The standard InChI is InChI=1S/C11H15BrN2O4S/c1-11(2,3)18-10(15)14-19(16,17)13-9-6-4-8(12)5-7-9/h4-7,13H,1-3H3,(H,14,15). The highest BCUT2D eigenvalue weighted by atomic mass is 79.9. The molecule has 19 heavy (non-hydrogen) atoms. The number of benzene rings is 1. The molecule has 1 amide bonds. The zero-order valence-electron chi connectivity index (χ0n) is 10.7. The van der Waals surface area contributed by atoms with Crippen LogP contribution in [0.25, 0.3) is 0 Å². The number of carbonyl (C=O) groups excluding carboxylic acids is 1. The minimum atomic E-state index is -4.01. The lowest BCUT2D eigenvalue weighted by atomic mass is 10.2. The van der Waals surface area contributed by atoms with E-state index < -0.39 is 21.9 Å². The van der Waals surface area contributed by atoms with E-state index in [1.54, 1.807) is 49.8 Å². The molecule has 0 aliphatic rings. The molecule has 0 heterocycles. The zero-order chi connectivity index (χ0) is 14.7. The normalized spacial score (nSPS) is 11.8. The van der Waals surface area contributed by atoms with Gasteiger partial charge < -0.3 is 4.74 Å². The van der Waals surface area contributed by atoms with E-state index in [4.69, 9.17) is 4.74 Å². The van der Waals surface area contributed by atoms with Crippen LogP contribution in [0.15, 0.2) is 28.7 Å². The molecule has 1 aromatic carbocycles. The van der Waals surface area contributed by atoms with Gasteiger partial charge in [-0.25, -0.2) is 9.52 Å². The summed E-state index contributed by atoms with van der Waals surface area (Å²) in [6, 6.07) is 6.45. The molecule has 0 aliphatic carbocycles. The third-order valence-electron chi connectivity index (χ3n) is 1.71. The molecular formula is C11H15BrN2O4S. The Balaban J connectivity index is 2.67.